The first-order valence-corrected chi connectivity index (χ1v) is 6.05. The molecule has 1 aliphatic carbocycles. The standard InChI is InChI=1S/C12H21NO6/c1-13(18-4)11(14)9-5-8(19-7-16-2)6-10(9)12(15)17-3/h8-10H,5-7H2,1-4H3/t8-,9+,10-/m0/s1. The molecule has 7 nitrogen and oxygen atoms in total. The molecule has 1 rings (SSSR count). The van der Waals surface area contributed by atoms with Gasteiger partial charge in [0.25, 0.3) is 0 Å². The van der Waals surface area contributed by atoms with Crippen LogP contribution >= 0.6 is 0 Å². The monoisotopic (exact) mass is 275 g/mol. The van der Waals surface area contributed by atoms with E-state index in [0.29, 0.717) is 12.8 Å². The van der Waals surface area contributed by atoms with Gasteiger partial charge in [0, 0.05) is 14.2 Å². The zero-order valence-electron chi connectivity index (χ0n) is 11.8. The van der Waals surface area contributed by atoms with E-state index in [1.54, 1.807) is 0 Å². The normalized spacial score (nSPS) is 26.2. The third kappa shape index (κ3) is 3.89. The van der Waals surface area contributed by atoms with Gasteiger partial charge in [0.05, 0.1) is 32.2 Å². The quantitative estimate of drug-likeness (QED) is 0.391. The van der Waals surface area contributed by atoms with Crippen molar-refractivity contribution >= 4 is 11.9 Å². The van der Waals surface area contributed by atoms with E-state index < -0.39 is 17.8 Å². The molecule has 1 amide bonds. The predicted octanol–water partition coefficient (Wildman–Crippen LogP) is 0.195. The van der Waals surface area contributed by atoms with Crippen LogP contribution in [0.2, 0.25) is 0 Å². The van der Waals surface area contributed by atoms with Crippen LogP contribution < -0.4 is 0 Å². The van der Waals surface area contributed by atoms with Crippen LogP contribution in [-0.2, 0) is 28.6 Å². The summed E-state index contributed by atoms with van der Waals surface area (Å²) in [6.45, 7) is 0.138. The summed E-state index contributed by atoms with van der Waals surface area (Å²) in [6.07, 6.45) is 0.711. The molecule has 0 aliphatic heterocycles. The molecular weight excluding hydrogens is 254 g/mol. The summed E-state index contributed by atoms with van der Waals surface area (Å²) in [6, 6.07) is 0. The number of esters is 1. The second-order valence-electron chi connectivity index (χ2n) is 4.42. The highest BCUT2D eigenvalue weighted by molar-refractivity contribution is 5.85. The molecule has 3 atom stereocenters. The summed E-state index contributed by atoms with van der Waals surface area (Å²) in [5, 5.41) is 1.12. The van der Waals surface area contributed by atoms with Crippen LogP contribution in [0.25, 0.3) is 0 Å². The summed E-state index contributed by atoms with van der Waals surface area (Å²) in [5.74, 6) is -1.64. The van der Waals surface area contributed by atoms with Crippen molar-refractivity contribution in [3.63, 3.8) is 0 Å². The van der Waals surface area contributed by atoms with Gasteiger partial charge in [0.2, 0.25) is 5.91 Å². The number of methoxy groups -OCH3 is 2. The number of rotatable bonds is 6. The minimum atomic E-state index is -0.503. The van der Waals surface area contributed by atoms with E-state index in [0.717, 1.165) is 5.06 Å². The summed E-state index contributed by atoms with van der Waals surface area (Å²) in [4.78, 5) is 28.7. The van der Waals surface area contributed by atoms with Crippen LogP contribution in [0.15, 0.2) is 0 Å². The predicted molar refractivity (Wildman–Crippen MR) is 64.8 cm³/mol. The Morgan fingerprint density at radius 3 is 2.32 bits per heavy atom. The Labute approximate surface area is 112 Å². The van der Waals surface area contributed by atoms with Gasteiger partial charge in [0.1, 0.15) is 6.79 Å². The number of hydroxylamine groups is 2. The van der Waals surface area contributed by atoms with E-state index in [2.05, 4.69) is 0 Å². The number of hydrogen-bond acceptors (Lipinski definition) is 6. The van der Waals surface area contributed by atoms with Crippen molar-refractivity contribution in [3.05, 3.63) is 0 Å². The lowest BCUT2D eigenvalue weighted by atomic mass is 9.95. The number of hydrogen-bond donors (Lipinski definition) is 0. The maximum Gasteiger partial charge on any atom is 0.309 e. The van der Waals surface area contributed by atoms with Crippen molar-refractivity contribution < 1.29 is 28.6 Å². The summed E-state index contributed by atoms with van der Waals surface area (Å²) in [7, 11) is 5.75. The van der Waals surface area contributed by atoms with Crippen LogP contribution in [0.5, 0.6) is 0 Å². The maximum atomic E-state index is 12.1. The number of ether oxygens (including phenoxy) is 3. The number of amides is 1. The Morgan fingerprint density at radius 1 is 1.16 bits per heavy atom. The second kappa shape index (κ2) is 7.42. The third-order valence-corrected chi connectivity index (χ3v) is 3.35. The molecule has 19 heavy (non-hydrogen) atoms. The molecule has 0 N–H and O–H groups in total. The molecule has 0 bridgehead atoms. The number of carbonyl (C=O) groups excluding carboxylic acids is 2. The summed E-state index contributed by atoms with van der Waals surface area (Å²) < 4.78 is 15.0. The highest BCUT2D eigenvalue weighted by Crippen LogP contribution is 2.36. The third-order valence-electron chi connectivity index (χ3n) is 3.35. The van der Waals surface area contributed by atoms with Crippen LogP contribution in [0.1, 0.15) is 12.8 Å². The first-order chi connectivity index (χ1) is 9.04. The second-order valence-corrected chi connectivity index (χ2v) is 4.42. The van der Waals surface area contributed by atoms with Gasteiger partial charge in [-0.25, -0.2) is 5.06 Å². The van der Waals surface area contributed by atoms with Crippen molar-refractivity contribution in [2.75, 3.05) is 35.2 Å². The molecule has 1 saturated carbocycles. The fraction of sp³-hybridized carbons (Fsp3) is 0.833. The molecule has 0 aromatic carbocycles. The average Bonchev–Trinajstić information content (AvgIpc) is 2.86. The van der Waals surface area contributed by atoms with E-state index in [-0.39, 0.29) is 18.8 Å². The molecule has 0 spiro atoms. The van der Waals surface area contributed by atoms with Crippen LogP contribution in [0.4, 0.5) is 0 Å². The highest BCUT2D eigenvalue weighted by Gasteiger charge is 2.45. The lowest BCUT2D eigenvalue weighted by Crippen LogP contribution is -2.36. The van der Waals surface area contributed by atoms with Gasteiger partial charge in [-0.2, -0.15) is 0 Å². The van der Waals surface area contributed by atoms with Crippen molar-refractivity contribution in [3.8, 4) is 0 Å². The molecule has 0 radical (unpaired) electrons. The van der Waals surface area contributed by atoms with Gasteiger partial charge >= 0.3 is 5.97 Å². The SMILES string of the molecule is COCO[C@@H]1C[C@H](C(=O)OC)[C@H](C(=O)N(C)OC)C1. The van der Waals surface area contributed by atoms with Gasteiger partial charge in [-0.1, -0.05) is 0 Å². The average molecular weight is 275 g/mol. The smallest absolute Gasteiger partial charge is 0.309 e. The molecule has 0 saturated heterocycles. The molecule has 0 aromatic rings. The first kappa shape index (κ1) is 15.9. The Morgan fingerprint density at radius 2 is 1.79 bits per heavy atom. The molecule has 110 valence electrons. The Hall–Kier alpha value is -1.18. The molecular formula is C12H21NO6. The molecule has 0 heterocycles. The van der Waals surface area contributed by atoms with E-state index in [1.807, 2.05) is 0 Å². The van der Waals surface area contributed by atoms with Crippen molar-refractivity contribution in [2.45, 2.75) is 18.9 Å². The molecule has 7 heteroatoms. The van der Waals surface area contributed by atoms with E-state index in [9.17, 15) is 9.59 Å². The topological polar surface area (TPSA) is 74.3 Å². The Balaban J connectivity index is 2.74. The Kier molecular flexibility index (Phi) is 6.20. The summed E-state index contributed by atoms with van der Waals surface area (Å²) in [5.41, 5.74) is 0. The lowest BCUT2D eigenvalue weighted by molar-refractivity contribution is -0.177. The van der Waals surface area contributed by atoms with E-state index in [1.165, 1.54) is 28.4 Å². The van der Waals surface area contributed by atoms with Crippen molar-refractivity contribution in [2.24, 2.45) is 11.8 Å². The number of nitrogens with zero attached hydrogens (tertiary/aromatic N) is 1. The van der Waals surface area contributed by atoms with E-state index >= 15 is 0 Å². The number of carbonyl (C=O) groups is 2. The maximum absolute atomic E-state index is 12.1. The van der Waals surface area contributed by atoms with Gasteiger partial charge in [-0.3, -0.25) is 14.4 Å². The molecule has 1 fully saturated rings. The fourth-order valence-electron chi connectivity index (χ4n) is 2.30. The zero-order chi connectivity index (χ0) is 14.4. The first-order valence-electron chi connectivity index (χ1n) is 6.05. The van der Waals surface area contributed by atoms with Crippen LogP contribution in [0, 0.1) is 11.8 Å². The minimum Gasteiger partial charge on any atom is -0.469 e. The molecule has 0 aromatic heterocycles. The molecule has 1 aliphatic rings. The largest absolute Gasteiger partial charge is 0.469 e. The van der Waals surface area contributed by atoms with Crippen LogP contribution in [-0.4, -0.2) is 58.2 Å². The minimum absolute atomic E-state index is 0.138. The van der Waals surface area contributed by atoms with Gasteiger partial charge in [-0.05, 0) is 12.8 Å². The highest BCUT2D eigenvalue weighted by atomic mass is 16.7. The Bertz CT molecular complexity index is 321. The van der Waals surface area contributed by atoms with Gasteiger partial charge in [0.15, 0.2) is 0 Å². The van der Waals surface area contributed by atoms with Crippen molar-refractivity contribution in [1.29, 1.82) is 0 Å². The molecule has 0 unspecified atom stereocenters. The van der Waals surface area contributed by atoms with Gasteiger partial charge in [-0.15, -0.1) is 0 Å². The fourth-order valence-corrected chi connectivity index (χ4v) is 2.30. The zero-order valence-corrected chi connectivity index (χ0v) is 11.8. The van der Waals surface area contributed by atoms with Crippen LogP contribution in [0.3, 0.4) is 0 Å². The van der Waals surface area contributed by atoms with E-state index in [4.69, 9.17) is 19.0 Å². The lowest BCUT2D eigenvalue weighted by Gasteiger charge is -2.21. The van der Waals surface area contributed by atoms with Gasteiger partial charge < -0.3 is 14.2 Å². The van der Waals surface area contributed by atoms with Crippen molar-refractivity contribution in [1.82, 2.24) is 5.06 Å². The summed E-state index contributed by atoms with van der Waals surface area (Å²) >= 11 is 0.